The van der Waals surface area contributed by atoms with Gasteiger partial charge in [0.2, 0.25) is 0 Å². The number of fused-ring (bicyclic) bond motifs is 2. The van der Waals surface area contributed by atoms with E-state index in [1.54, 1.807) is 6.33 Å². The maximum atomic E-state index is 4.67. The first-order valence-corrected chi connectivity index (χ1v) is 12.0. The van der Waals surface area contributed by atoms with Crippen molar-refractivity contribution in [2.24, 2.45) is 0 Å². The fourth-order valence-corrected chi connectivity index (χ4v) is 4.85. The highest BCUT2D eigenvalue weighted by molar-refractivity contribution is 5.91. The summed E-state index contributed by atoms with van der Waals surface area (Å²) in [4.78, 5) is 9.31. The van der Waals surface area contributed by atoms with Crippen molar-refractivity contribution in [1.29, 1.82) is 0 Å². The molecule has 6 rings (SSSR count). The van der Waals surface area contributed by atoms with Crippen LogP contribution in [0.5, 0.6) is 0 Å². The Morgan fingerprint density at radius 3 is 2.17 bits per heavy atom. The van der Waals surface area contributed by atoms with Crippen LogP contribution >= 0.6 is 0 Å². The second-order valence-electron chi connectivity index (χ2n) is 10.1. The Balaban J connectivity index is 1.47. The molecule has 0 unspecified atom stereocenters. The lowest BCUT2D eigenvalue weighted by Crippen LogP contribution is -2.12. The molecule has 0 amide bonds. The molecule has 35 heavy (non-hydrogen) atoms. The largest absolute Gasteiger partial charge is 0.317 e. The third kappa shape index (κ3) is 3.89. The number of hydrogen-bond acceptors (Lipinski definition) is 2. The molecule has 3 nitrogen and oxygen atoms in total. The van der Waals surface area contributed by atoms with E-state index in [-0.39, 0.29) is 5.41 Å². The Bertz CT molecular complexity index is 1670. The number of benzene rings is 4. The Morgan fingerprint density at radius 1 is 0.629 bits per heavy atom. The molecule has 0 radical (unpaired) electrons. The van der Waals surface area contributed by atoms with Crippen LogP contribution in [-0.4, -0.2) is 14.5 Å². The van der Waals surface area contributed by atoms with E-state index in [1.807, 2.05) is 6.07 Å². The number of rotatable bonds is 3. The first-order valence-electron chi connectivity index (χ1n) is 12.0. The summed E-state index contributed by atoms with van der Waals surface area (Å²) < 4.78 is 2.22. The van der Waals surface area contributed by atoms with Crippen molar-refractivity contribution < 1.29 is 0 Å². The van der Waals surface area contributed by atoms with Gasteiger partial charge in [0.15, 0.2) is 0 Å². The Labute approximate surface area is 205 Å². The summed E-state index contributed by atoms with van der Waals surface area (Å²) in [5.74, 6) is 0. The van der Waals surface area contributed by atoms with Crippen LogP contribution in [0.1, 0.15) is 26.3 Å². The zero-order chi connectivity index (χ0) is 24.0. The fourth-order valence-electron chi connectivity index (χ4n) is 4.85. The molecule has 0 atom stereocenters. The smallest absolute Gasteiger partial charge is 0.116 e. The van der Waals surface area contributed by atoms with E-state index in [4.69, 9.17) is 0 Å². The summed E-state index contributed by atoms with van der Waals surface area (Å²) in [5, 5.41) is 3.73. The molecule has 0 bridgehead atoms. The van der Waals surface area contributed by atoms with Gasteiger partial charge < -0.3 is 4.57 Å². The van der Waals surface area contributed by atoms with Crippen molar-refractivity contribution in [2.45, 2.75) is 26.2 Å². The lowest BCUT2D eigenvalue weighted by molar-refractivity contribution is 0.596. The quantitative estimate of drug-likeness (QED) is 0.270. The topological polar surface area (TPSA) is 30.7 Å². The van der Waals surface area contributed by atoms with Crippen LogP contribution in [0.15, 0.2) is 110 Å². The monoisotopic (exact) mass is 453 g/mol. The SMILES string of the molecule is CC(C)(C)c1cc(-c2cc(-c3ccc4ccn(-c5ccccc5)c4c3)ncn2)cc2ccccc12. The summed E-state index contributed by atoms with van der Waals surface area (Å²) in [6.45, 7) is 6.79. The highest BCUT2D eigenvalue weighted by Crippen LogP contribution is 2.35. The highest BCUT2D eigenvalue weighted by atomic mass is 15.0. The van der Waals surface area contributed by atoms with Gasteiger partial charge >= 0.3 is 0 Å². The van der Waals surface area contributed by atoms with Gasteiger partial charge in [0.25, 0.3) is 0 Å². The van der Waals surface area contributed by atoms with E-state index in [2.05, 4.69) is 132 Å². The molecule has 6 aromatic rings. The second-order valence-corrected chi connectivity index (χ2v) is 10.1. The third-order valence-corrected chi connectivity index (χ3v) is 6.66. The molecular weight excluding hydrogens is 426 g/mol. The van der Waals surface area contributed by atoms with E-state index in [9.17, 15) is 0 Å². The van der Waals surface area contributed by atoms with E-state index in [0.717, 1.165) is 33.7 Å². The van der Waals surface area contributed by atoms with Crippen molar-refractivity contribution in [1.82, 2.24) is 14.5 Å². The first-order chi connectivity index (χ1) is 17.0. The maximum Gasteiger partial charge on any atom is 0.116 e. The van der Waals surface area contributed by atoms with Gasteiger partial charge in [-0.25, -0.2) is 9.97 Å². The molecule has 0 aliphatic carbocycles. The molecule has 2 heterocycles. The van der Waals surface area contributed by atoms with Crippen molar-refractivity contribution in [3.63, 3.8) is 0 Å². The molecule has 170 valence electrons. The van der Waals surface area contributed by atoms with E-state index in [0.29, 0.717) is 0 Å². The number of aromatic nitrogens is 3. The van der Waals surface area contributed by atoms with Gasteiger partial charge in [-0.2, -0.15) is 0 Å². The lowest BCUT2D eigenvalue weighted by atomic mass is 9.82. The molecular formula is C32H27N3. The molecule has 0 fully saturated rings. The van der Waals surface area contributed by atoms with E-state index < -0.39 is 0 Å². The van der Waals surface area contributed by atoms with Crippen LogP contribution in [0.25, 0.3) is 49.9 Å². The summed E-state index contributed by atoms with van der Waals surface area (Å²) in [6, 6.07) is 34.3. The highest BCUT2D eigenvalue weighted by Gasteiger charge is 2.19. The maximum absolute atomic E-state index is 4.67. The molecule has 0 N–H and O–H groups in total. The molecule has 0 spiro atoms. The molecule has 0 aliphatic rings. The standard InChI is InChI=1S/C32H27N3/c1-32(2,3)28-18-25(17-23-9-7-8-12-27(23)28)30-20-29(33-21-34-30)24-14-13-22-15-16-35(31(22)19-24)26-10-5-4-6-11-26/h4-21H,1-3H3. The van der Waals surface area contributed by atoms with E-state index >= 15 is 0 Å². The van der Waals surface area contributed by atoms with Gasteiger partial charge in [-0.3, -0.25) is 0 Å². The molecule has 2 aromatic heterocycles. The number of para-hydroxylation sites is 1. The minimum Gasteiger partial charge on any atom is -0.317 e. The summed E-state index contributed by atoms with van der Waals surface area (Å²) in [6.07, 6.45) is 3.80. The first kappa shape index (κ1) is 21.3. The van der Waals surface area contributed by atoms with Gasteiger partial charge in [-0.15, -0.1) is 0 Å². The summed E-state index contributed by atoms with van der Waals surface area (Å²) >= 11 is 0. The zero-order valence-electron chi connectivity index (χ0n) is 20.2. The molecule has 0 aliphatic heterocycles. The van der Waals surface area contributed by atoms with Gasteiger partial charge in [-0.1, -0.05) is 75.4 Å². The minimum atomic E-state index is 0.0271. The van der Waals surface area contributed by atoms with Crippen LogP contribution in [0.2, 0.25) is 0 Å². The molecule has 0 saturated carbocycles. The predicted octanol–water partition coefficient (Wildman–Crippen LogP) is 8.21. The average molecular weight is 454 g/mol. The Morgan fingerprint density at radius 2 is 1.37 bits per heavy atom. The predicted molar refractivity (Wildman–Crippen MR) is 146 cm³/mol. The number of hydrogen-bond donors (Lipinski definition) is 0. The normalized spacial score (nSPS) is 11.9. The van der Waals surface area contributed by atoms with Gasteiger partial charge in [0.05, 0.1) is 16.9 Å². The van der Waals surface area contributed by atoms with Crippen molar-refractivity contribution in [2.75, 3.05) is 0 Å². The van der Waals surface area contributed by atoms with Crippen LogP contribution < -0.4 is 0 Å². The van der Waals surface area contributed by atoms with Crippen molar-refractivity contribution >= 4 is 21.7 Å². The van der Waals surface area contributed by atoms with Crippen LogP contribution in [0, 0.1) is 0 Å². The van der Waals surface area contributed by atoms with Gasteiger partial charge in [0, 0.05) is 23.0 Å². The zero-order valence-corrected chi connectivity index (χ0v) is 20.2. The van der Waals surface area contributed by atoms with Crippen LogP contribution in [-0.2, 0) is 5.41 Å². The Hall–Kier alpha value is -4.24. The van der Waals surface area contributed by atoms with Crippen LogP contribution in [0.3, 0.4) is 0 Å². The van der Waals surface area contributed by atoms with Crippen molar-refractivity contribution in [3.05, 3.63) is 115 Å². The summed E-state index contributed by atoms with van der Waals surface area (Å²) in [5.41, 5.74) is 7.71. The minimum absolute atomic E-state index is 0.0271. The van der Waals surface area contributed by atoms with Crippen molar-refractivity contribution in [3.8, 4) is 28.2 Å². The molecule has 3 heteroatoms. The lowest BCUT2D eigenvalue weighted by Gasteiger charge is -2.22. The van der Waals surface area contributed by atoms with Crippen LogP contribution in [0.4, 0.5) is 0 Å². The molecule has 0 saturated heterocycles. The third-order valence-electron chi connectivity index (χ3n) is 6.66. The summed E-state index contributed by atoms with van der Waals surface area (Å²) in [7, 11) is 0. The second kappa shape index (κ2) is 8.21. The number of nitrogens with zero attached hydrogens (tertiary/aromatic N) is 3. The fraction of sp³-hybridized carbons (Fsp3) is 0.125. The van der Waals surface area contributed by atoms with Gasteiger partial charge in [-0.05, 0) is 69.6 Å². The molecule has 4 aromatic carbocycles. The van der Waals surface area contributed by atoms with Gasteiger partial charge in [0.1, 0.15) is 6.33 Å². The van der Waals surface area contributed by atoms with E-state index in [1.165, 1.54) is 21.7 Å². The average Bonchev–Trinajstić information content (AvgIpc) is 3.31. The Kier molecular flexibility index (Phi) is 5.00.